The van der Waals surface area contributed by atoms with E-state index < -0.39 is 0 Å². The molecule has 1 saturated heterocycles. The fraction of sp³-hybridized carbons (Fsp3) is 0.500. The zero-order valence-electron chi connectivity index (χ0n) is 14.3. The number of amides is 2. The quantitative estimate of drug-likeness (QED) is 0.915. The second-order valence-corrected chi connectivity index (χ2v) is 7.13. The first-order chi connectivity index (χ1) is 11.6. The lowest BCUT2D eigenvalue weighted by molar-refractivity contribution is 0.182. The Hall–Kier alpha value is -1.95. The second-order valence-electron chi connectivity index (χ2n) is 6.38. The molecule has 0 unspecified atom stereocenters. The Morgan fingerprint density at radius 3 is 2.50 bits per heavy atom. The molecule has 0 saturated carbocycles. The summed E-state index contributed by atoms with van der Waals surface area (Å²) in [5.41, 5.74) is 2.79. The van der Waals surface area contributed by atoms with Crippen LogP contribution < -0.4 is 5.32 Å². The van der Waals surface area contributed by atoms with Gasteiger partial charge in [0.15, 0.2) is 0 Å². The van der Waals surface area contributed by atoms with Crippen molar-refractivity contribution in [2.24, 2.45) is 5.92 Å². The van der Waals surface area contributed by atoms with Gasteiger partial charge < -0.3 is 4.90 Å². The number of carbonyl (C=O) groups is 1. The first-order valence-corrected chi connectivity index (χ1v) is 9.35. The number of hydrogen-bond acceptors (Lipinski definition) is 4. The fourth-order valence-corrected chi connectivity index (χ4v) is 3.67. The van der Waals surface area contributed by atoms with Crippen LogP contribution in [0.15, 0.2) is 24.3 Å². The zero-order valence-corrected chi connectivity index (χ0v) is 15.1. The maximum Gasteiger partial charge on any atom is 0.323 e. The molecule has 1 aliphatic heterocycles. The van der Waals surface area contributed by atoms with Gasteiger partial charge in [-0.3, -0.25) is 5.32 Å². The van der Waals surface area contributed by atoms with Crippen LogP contribution in [0.4, 0.5) is 9.93 Å². The number of hydrogen-bond donors (Lipinski definition) is 1. The lowest BCUT2D eigenvalue weighted by Gasteiger charge is -2.31. The van der Waals surface area contributed by atoms with Crippen LogP contribution in [0.2, 0.25) is 0 Å². The van der Waals surface area contributed by atoms with Gasteiger partial charge in [-0.25, -0.2) is 9.78 Å². The third-order valence-corrected chi connectivity index (χ3v) is 5.32. The smallest absolute Gasteiger partial charge is 0.323 e. The minimum absolute atomic E-state index is 0.0584. The van der Waals surface area contributed by atoms with E-state index in [0.29, 0.717) is 16.9 Å². The molecule has 0 aliphatic carbocycles. The van der Waals surface area contributed by atoms with Gasteiger partial charge in [0.25, 0.3) is 0 Å². The summed E-state index contributed by atoms with van der Waals surface area (Å²) >= 11 is 1.23. The van der Waals surface area contributed by atoms with E-state index in [0.717, 1.165) is 38.8 Å². The van der Waals surface area contributed by atoms with Crippen molar-refractivity contribution in [3.8, 4) is 0 Å². The number of nitrogens with one attached hydrogen (secondary N) is 1. The van der Waals surface area contributed by atoms with E-state index >= 15 is 0 Å². The van der Waals surface area contributed by atoms with Gasteiger partial charge >= 0.3 is 6.03 Å². The summed E-state index contributed by atoms with van der Waals surface area (Å²) in [4.78, 5) is 18.3. The molecule has 0 bridgehead atoms. The third kappa shape index (κ3) is 4.32. The highest BCUT2D eigenvalue weighted by Crippen LogP contribution is 2.23. The zero-order chi connectivity index (χ0) is 16.9. The van der Waals surface area contributed by atoms with Gasteiger partial charge in [-0.2, -0.15) is 4.37 Å². The Morgan fingerprint density at radius 2 is 1.92 bits per heavy atom. The maximum absolute atomic E-state index is 12.3. The van der Waals surface area contributed by atoms with Gasteiger partial charge in [-0.15, -0.1) is 0 Å². The van der Waals surface area contributed by atoms with Crippen LogP contribution in [0.1, 0.15) is 36.7 Å². The molecule has 1 N–H and O–H groups in total. The summed E-state index contributed by atoms with van der Waals surface area (Å²) < 4.78 is 4.08. The Labute approximate surface area is 147 Å². The van der Waals surface area contributed by atoms with Crippen molar-refractivity contribution < 1.29 is 4.79 Å². The minimum atomic E-state index is -0.0584. The molecular weight excluding hydrogens is 320 g/mol. The number of aromatic nitrogens is 2. The number of rotatable bonds is 4. The molecule has 24 heavy (non-hydrogen) atoms. The van der Waals surface area contributed by atoms with Gasteiger partial charge in [0.2, 0.25) is 5.13 Å². The fourth-order valence-electron chi connectivity index (χ4n) is 3.10. The van der Waals surface area contributed by atoms with Gasteiger partial charge in [-0.05, 0) is 49.7 Å². The molecule has 1 aromatic carbocycles. The number of aryl methyl sites for hydroxylation is 2. The van der Waals surface area contributed by atoms with Gasteiger partial charge in [0.05, 0.1) is 0 Å². The topological polar surface area (TPSA) is 58.1 Å². The average molecular weight is 344 g/mol. The van der Waals surface area contributed by atoms with Crippen LogP contribution in [0, 0.1) is 12.8 Å². The highest BCUT2D eigenvalue weighted by molar-refractivity contribution is 7.09. The summed E-state index contributed by atoms with van der Waals surface area (Å²) in [5.74, 6) is 1.36. The Kier molecular flexibility index (Phi) is 5.45. The van der Waals surface area contributed by atoms with E-state index in [9.17, 15) is 4.79 Å². The molecule has 5 nitrogen and oxygen atoms in total. The minimum Gasteiger partial charge on any atom is -0.324 e. The lowest BCUT2D eigenvalue weighted by atomic mass is 9.90. The SMILES string of the molecule is CCc1ccc(CC2CCN(C(=O)Nc3nc(C)ns3)CC2)cc1. The van der Waals surface area contributed by atoms with Crippen LogP contribution >= 0.6 is 11.5 Å². The first-order valence-electron chi connectivity index (χ1n) is 8.58. The van der Waals surface area contributed by atoms with E-state index in [1.165, 1.54) is 22.7 Å². The number of piperidine rings is 1. The van der Waals surface area contributed by atoms with Crippen LogP contribution in [0.5, 0.6) is 0 Å². The van der Waals surface area contributed by atoms with Crippen molar-refractivity contribution in [1.29, 1.82) is 0 Å². The number of benzene rings is 1. The molecule has 2 heterocycles. The van der Waals surface area contributed by atoms with Crippen molar-refractivity contribution in [3.05, 3.63) is 41.2 Å². The number of carbonyl (C=O) groups excluding carboxylic acids is 1. The van der Waals surface area contributed by atoms with E-state index in [2.05, 4.69) is 45.9 Å². The standard InChI is InChI=1S/C18H24N4OS/c1-3-14-4-6-15(7-5-14)12-16-8-10-22(11-9-16)18(23)20-17-19-13(2)21-24-17/h4-7,16H,3,8-12H2,1-2H3,(H,19,20,21,23). The number of likely N-dealkylation sites (tertiary alicyclic amines) is 1. The number of anilines is 1. The summed E-state index contributed by atoms with van der Waals surface area (Å²) in [6.45, 7) is 5.62. The normalized spacial score (nSPS) is 15.5. The lowest BCUT2D eigenvalue weighted by Crippen LogP contribution is -2.41. The van der Waals surface area contributed by atoms with E-state index in [-0.39, 0.29) is 6.03 Å². The molecule has 6 heteroatoms. The van der Waals surface area contributed by atoms with E-state index in [1.54, 1.807) is 0 Å². The average Bonchev–Trinajstić information content (AvgIpc) is 3.01. The molecule has 128 valence electrons. The van der Waals surface area contributed by atoms with Crippen LogP contribution in [-0.2, 0) is 12.8 Å². The van der Waals surface area contributed by atoms with Gasteiger partial charge in [-0.1, -0.05) is 31.2 Å². The van der Waals surface area contributed by atoms with Crippen molar-refractivity contribution in [2.45, 2.75) is 39.5 Å². The number of nitrogens with zero attached hydrogens (tertiary/aromatic N) is 3. The predicted octanol–water partition coefficient (Wildman–Crippen LogP) is 3.90. The number of urea groups is 1. The van der Waals surface area contributed by atoms with Crippen molar-refractivity contribution in [3.63, 3.8) is 0 Å². The molecule has 1 fully saturated rings. The summed E-state index contributed by atoms with van der Waals surface area (Å²) in [5, 5.41) is 3.42. The highest BCUT2D eigenvalue weighted by Gasteiger charge is 2.23. The van der Waals surface area contributed by atoms with E-state index in [4.69, 9.17) is 0 Å². The van der Waals surface area contributed by atoms with Crippen LogP contribution in [-0.4, -0.2) is 33.4 Å². The third-order valence-electron chi connectivity index (χ3n) is 4.60. The summed E-state index contributed by atoms with van der Waals surface area (Å²) in [7, 11) is 0. The predicted molar refractivity (Wildman–Crippen MR) is 97.5 cm³/mol. The Balaban J connectivity index is 1.47. The van der Waals surface area contributed by atoms with Crippen LogP contribution in [0.25, 0.3) is 0 Å². The first kappa shape index (κ1) is 16.9. The molecule has 0 radical (unpaired) electrons. The molecule has 1 aliphatic rings. The molecular formula is C18H24N4OS. The molecule has 3 rings (SSSR count). The summed E-state index contributed by atoms with van der Waals surface area (Å²) in [6, 6.07) is 8.88. The van der Waals surface area contributed by atoms with Crippen molar-refractivity contribution in [2.75, 3.05) is 18.4 Å². The Bertz CT molecular complexity index is 675. The monoisotopic (exact) mass is 344 g/mol. The largest absolute Gasteiger partial charge is 0.324 e. The van der Waals surface area contributed by atoms with Crippen molar-refractivity contribution >= 4 is 22.7 Å². The van der Waals surface area contributed by atoms with Crippen LogP contribution in [0.3, 0.4) is 0 Å². The summed E-state index contributed by atoms with van der Waals surface area (Å²) in [6.07, 6.45) is 4.30. The molecule has 2 aromatic rings. The van der Waals surface area contributed by atoms with E-state index in [1.807, 2.05) is 11.8 Å². The molecule has 0 spiro atoms. The molecule has 1 aromatic heterocycles. The maximum atomic E-state index is 12.3. The molecule has 2 amide bonds. The van der Waals surface area contributed by atoms with Gasteiger partial charge in [0.1, 0.15) is 5.82 Å². The van der Waals surface area contributed by atoms with Crippen molar-refractivity contribution in [1.82, 2.24) is 14.3 Å². The Morgan fingerprint density at radius 1 is 1.25 bits per heavy atom. The van der Waals surface area contributed by atoms with Gasteiger partial charge in [0, 0.05) is 24.6 Å². The second kappa shape index (κ2) is 7.75. The molecule has 0 atom stereocenters. The highest BCUT2D eigenvalue weighted by atomic mass is 32.1.